The molecule has 2 aromatic rings. The van der Waals surface area contributed by atoms with Crippen molar-refractivity contribution in [3.05, 3.63) is 112 Å². The molecule has 0 saturated carbocycles. The lowest BCUT2D eigenvalue weighted by molar-refractivity contribution is 0.261. The summed E-state index contributed by atoms with van der Waals surface area (Å²) < 4.78 is 14.5. The molecule has 0 radical (unpaired) electrons. The van der Waals surface area contributed by atoms with Gasteiger partial charge < -0.3 is 10.7 Å². The normalized spacial score (nSPS) is 15.9. The first-order valence-electron chi connectivity index (χ1n) is 11.7. The fourth-order valence-electron chi connectivity index (χ4n) is 4.12. The van der Waals surface area contributed by atoms with Crippen LogP contribution in [-0.4, -0.2) is 5.71 Å². The van der Waals surface area contributed by atoms with Crippen LogP contribution in [0.5, 0.6) is 0 Å². The molecule has 0 bridgehead atoms. The molecule has 0 saturated heterocycles. The maximum atomic E-state index is 14.5. The molecule has 2 aromatic carbocycles. The van der Waals surface area contributed by atoms with Gasteiger partial charge in [-0.05, 0) is 77.6 Å². The Hall–Kier alpha value is -3.20. The maximum absolute atomic E-state index is 14.5. The van der Waals surface area contributed by atoms with Gasteiger partial charge in [0, 0.05) is 18.3 Å². The molecule has 2 nitrogen and oxygen atoms in total. The van der Waals surface area contributed by atoms with Crippen LogP contribution < -0.4 is 5.32 Å². The Kier molecular flexibility index (Phi) is 8.21. The van der Waals surface area contributed by atoms with Gasteiger partial charge in [-0.25, -0.2) is 4.39 Å². The van der Waals surface area contributed by atoms with Gasteiger partial charge in [0.1, 0.15) is 6.17 Å². The van der Waals surface area contributed by atoms with E-state index in [0.717, 1.165) is 46.3 Å². The number of allylic oxidation sites excluding steroid dienone is 6. The van der Waals surface area contributed by atoms with Crippen molar-refractivity contribution in [3.63, 3.8) is 0 Å². The molecular formula is C30H35FN2. The van der Waals surface area contributed by atoms with E-state index in [1.807, 2.05) is 63.4 Å². The monoisotopic (exact) mass is 442 g/mol. The molecule has 3 heteroatoms. The van der Waals surface area contributed by atoms with E-state index in [0.29, 0.717) is 12.3 Å². The van der Waals surface area contributed by atoms with Gasteiger partial charge in [0.2, 0.25) is 0 Å². The van der Waals surface area contributed by atoms with Crippen molar-refractivity contribution in [3.8, 4) is 0 Å². The molecule has 1 aliphatic rings. The summed E-state index contributed by atoms with van der Waals surface area (Å²) in [5.74, 6) is -0.0461. The number of nitrogens with one attached hydrogen (secondary N) is 2. The summed E-state index contributed by atoms with van der Waals surface area (Å²) >= 11 is 0. The Morgan fingerprint density at radius 3 is 2.36 bits per heavy atom. The quantitative estimate of drug-likeness (QED) is 0.382. The molecule has 0 amide bonds. The number of halogens is 1. The van der Waals surface area contributed by atoms with Crippen molar-refractivity contribution >= 4 is 11.3 Å². The Labute approximate surface area is 198 Å². The van der Waals surface area contributed by atoms with E-state index in [9.17, 15) is 4.39 Å². The summed E-state index contributed by atoms with van der Waals surface area (Å²) in [4.78, 5) is 0. The lowest BCUT2D eigenvalue weighted by atomic mass is 9.86. The molecule has 0 spiro atoms. The fraction of sp³-hybridized carbons (Fsp3) is 0.300. The Balaban J connectivity index is 1.77. The summed E-state index contributed by atoms with van der Waals surface area (Å²) in [7, 11) is 0. The highest BCUT2D eigenvalue weighted by atomic mass is 19.1. The molecular weight excluding hydrogens is 407 g/mol. The minimum Gasteiger partial charge on any atom is -0.386 e. The van der Waals surface area contributed by atoms with E-state index >= 15 is 0 Å². The third-order valence-corrected chi connectivity index (χ3v) is 6.17. The van der Waals surface area contributed by atoms with Crippen molar-refractivity contribution in [2.75, 3.05) is 0 Å². The second-order valence-electron chi connectivity index (χ2n) is 9.09. The molecule has 0 aliphatic heterocycles. The van der Waals surface area contributed by atoms with E-state index in [2.05, 4.69) is 43.1 Å². The molecule has 1 unspecified atom stereocenters. The van der Waals surface area contributed by atoms with Crippen molar-refractivity contribution in [2.24, 2.45) is 5.92 Å². The molecule has 1 atom stereocenters. The van der Waals surface area contributed by atoms with Gasteiger partial charge in [-0.1, -0.05) is 68.5 Å². The molecule has 2 N–H and O–H groups in total. The van der Waals surface area contributed by atoms with Crippen LogP contribution in [0.4, 0.5) is 4.39 Å². The van der Waals surface area contributed by atoms with Crippen LogP contribution in [-0.2, 0) is 13.0 Å². The molecule has 3 rings (SSSR count). The predicted molar refractivity (Wildman–Crippen MR) is 139 cm³/mol. The minimum atomic E-state index is -0.960. The van der Waals surface area contributed by atoms with Crippen LogP contribution in [0.2, 0.25) is 0 Å². The molecule has 0 fully saturated rings. The molecule has 0 aromatic heterocycles. The number of rotatable bonds is 9. The standard InChI is InChI=1S/C30H35FN2/c1-6-7-8-23-9-11-24(12-10-23)18-33-19-28-22(5)27(15-16-29(28)32)26-14-13-25(17-21(26)4)30(31)20(2)3/h6,9-17,19-20,30,32-33H,1,7-8,18H2,2-5H3/b28-19-,32-29?. The zero-order valence-corrected chi connectivity index (χ0v) is 20.2. The van der Waals surface area contributed by atoms with Crippen molar-refractivity contribution in [1.82, 2.24) is 5.32 Å². The van der Waals surface area contributed by atoms with Gasteiger partial charge in [0.15, 0.2) is 0 Å². The summed E-state index contributed by atoms with van der Waals surface area (Å²) in [5.41, 5.74) is 8.86. The first-order chi connectivity index (χ1) is 15.8. The predicted octanol–water partition coefficient (Wildman–Crippen LogP) is 7.82. The zero-order valence-electron chi connectivity index (χ0n) is 20.2. The third-order valence-electron chi connectivity index (χ3n) is 6.17. The number of benzene rings is 2. The van der Waals surface area contributed by atoms with Gasteiger partial charge in [-0.15, -0.1) is 6.58 Å². The lowest BCUT2D eigenvalue weighted by Crippen LogP contribution is -2.13. The highest BCUT2D eigenvalue weighted by Gasteiger charge is 2.19. The second kappa shape index (κ2) is 11.1. The number of hydrogen-bond donors (Lipinski definition) is 2. The van der Waals surface area contributed by atoms with Crippen LogP contribution in [0.25, 0.3) is 5.57 Å². The summed E-state index contributed by atoms with van der Waals surface area (Å²) in [6.45, 7) is 12.4. The van der Waals surface area contributed by atoms with E-state index in [-0.39, 0.29) is 5.92 Å². The fourth-order valence-corrected chi connectivity index (χ4v) is 4.12. The van der Waals surface area contributed by atoms with Gasteiger partial charge in [0.05, 0.1) is 5.71 Å². The van der Waals surface area contributed by atoms with Crippen molar-refractivity contribution in [1.29, 1.82) is 5.41 Å². The van der Waals surface area contributed by atoms with Crippen LogP contribution in [0, 0.1) is 18.3 Å². The van der Waals surface area contributed by atoms with Gasteiger partial charge in [0.25, 0.3) is 0 Å². The highest BCUT2D eigenvalue weighted by Crippen LogP contribution is 2.34. The van der Waals surface area contributed by atoms with E-state index in [1.54, 1.807) is 0 Å². The largest absolute Gasteiger partial charge is 0.386 e. The van der Waals surface area contributed by atoms with Crippen LogP contribution in [0.1, 0.15) is 61.2 Å². The van der Waals surface area contributed by atoms with Crippen LogP contribution >= 0.6 is 0 Å². The highest BCUT2D eigenvalue weighted by molar-refractivity contribution is 6.14. The SMILES string of the molecule is C=CCCc1ccc(CN/C=C2\C(=N)C=CC(c3ccc(C(F)C(C)C)cc3C)=C2C)cc1. The smallest absolute Gasteiger partial charge is 0.127 e. The Bertz CT molecular complexity index is 1100. The zero-order chi connectivity index (χ0) is 24.0. The van der Waals surface area contributed by atoms with Crippen molar-refractivity contribution < 1.29 is 4.39 Å². The topological polar surface area (TPSA) is 35.9 Å². The third kappa shape index (κ3) is 5.98. The average Bonchev–Trinajstić information content (AvgIpc) is 2.80. The van der Waals surface area contributed by atoms with Crippen molar-refractivity contribution in [2.45, 2.75) is 53.3 Å². The molecule has 33 heavy (non-hydrogen) atoms. The Morgan fingerprint density at radius 1 is 1.03 bits per heavy atom. The van der Waals surface area contributed by atoms with Gasteiger partial charge >= 0.3 is 0 Å². The summed E-state index contributed by atoms with van der Waals surface area (Å²) in [6.07, 6.45) is 8.76. The second-order valence-corrected chi connectivity index (χ2v) is 9.09. The van der Waals surface area contributed by atoms with E-state index < -0.39 is 6.17 Å². The van der Waals surface area contributed by atoms with Gasteiger partial charge in [-0.3, -0.25) is 0 Å². The molecule has 0 heterocycles. The summed E-state index contributed by atoms with van der Waals surface area (Å²) in [5, 5.41) is 11.8. The average molecular weight is 443 g/mol. The van der Waals surface area contributed by atoms with Crippen LogP contribution in [0.15, 0.2) is 84.6 Å². The van der Waals surface area contributed by atoms with Crippen LogP contribution in [0.3, 0.4) is 0 Å². The molecule has 172 valence electrons. The maximum Gasteiger partial charge on any atom is 0.127 e. The number of hydrogen-bond acceptors (Lipinski definition) is 2. The molecule has 1 aliphatic carbocycles. The van der Waals surface area contributed by atoms with E-state index in [4.69, 9.17) is 5.41 Å². The minimum absolute atomic E-state index is 0.0461. The lowest BCUT2D eigenvalue weighted by Gasteiger charge is -2.20. The number of aryl methyl sites for hydroxylation is 2. The van der Waals surface area contributed by atoms with E-state index in [1.165, 1.54) is 11.1 Å². The summed E-state index contributed by atoms with van der Waals surface area (Å²) in [6, 6.07) is 14.5. The number of alkyl halides is 1. The van der Waals surface area contributed by atoms with Gasteiger partial charge in [-0.2, -0.15) is 0 Å². The Morgan fingerprint density at radius 2 is 1.73 bits per heavy atom. The first kappa shape index (κ1) is 24.4. The first-order valence-corrected chi connectivity index (χ1v) is 11.7.